The molecule has 1 heterocycles. The molecule has 2 aromatic carbocycles. The zero-order chi connectivity index (χ0) is 24.8. The molecule has 0 N–H and O–H groups in total. The highest BCUT2D eigenvalue weighted by molar-refractivity contribution is 6.31. The van der Waals surface area contributed by atoms with Gasteiger partial charge in [-0.25, -0.2) is 9.59 Å². The Bertz CT molecular complexity index is 1210. The third-order valence-corrected chi connectivity index (χ3v) is 5.22. The standard InChI is InChI=1S/C25H22ClNO7/c1-31-18-8-6-17(7-9-18)27-14-15(24(29)20-12-16(26)5-10-22(20)32-2)11-19(25(30)34-4)21(27)13-23(28)33-3/h5-14H,1-4H3/b21-13+. The van der Waals surface area contributed by atoms with E-state index in [-0.39, 0.29) is 22.4 Å². The summed E-state index contributed by atoms with van der Waals surface area (Å²) in [5, 5.41) is 0.344. The molecule has 0 unspecified atom stereocenters. The number of nitrogens with zero attached hydrogens (tertiary/aromatic N) is 1. The third-order valence-electron chi connectivity index (χ3n) is 4.98. The Morgan fingerprint density at radius 3 is 2.21 bits per heavy atom. The minimum Gasteiger partial charge on any atom is -0.497 e. The lowest BCUT2D eigenvalue weighted by Crippen LogP contribution is -2.27. The van der Waals surface area contributed by atoms with E-state index in [0.717, 1.165) is 6.08 Å². The normalized spacial score (nSPS) is 14.1. The van der Waals surface area contributed by atoms with Gasteiger partial charge in [0.05, 0.1) is 45.3 Å². The molecule has 0 bridgehead atoms. The van der Waals surface area contributed by atoms with Gasteiger partial charge in [0.15, 0.2) is 5.78 Å². The smallest absolute Gasteiger partial charge is 0.340 e. The number of rotatable bonds is 7. The van der Waals surface area contributed by atoms with Crippen molar-refractivity contribution in [2.24, 2.45) is 0 Å². The van der Waals surface area contributed by atoms with Crippen LogP contribution >= 0.6 is 11.6 Å². The van der Waals surface area contributed by atoms with Crippen molar-refractivity contribution in [1.82, 2.24) is 0 Å². The van der Waals surface area contributed by atoms with Crippen LogP contribution in [0.15, 0.2) is 77.7 Å². The molecule has 0 saturated carbocycles. The fourth-order valence-electron chi connectivity index (χ4n) is 3.29. The molecule has 0 spiro atoms. The van der Waals surface area contributed by atoms with Crippen molar-refractivity contribution in [3.8, 4) is 11.5 Å². The maximum absolute atomic E-state index is 13.5. The number of Topliss-reactive ketones (excluding diaryl/α,β-unsaturated/α-hetero) is 1. The summed E-state index contributed by atoms with van der Waals surface area (Å²) in [7, 11) is 5.39. The lowest BCUT2D eigenvalue weighted by atomic mass is 9.96. The molecule has 176 valence electrons. The molecule has 0 fully saturated rings. The molecule has 9 heteroatoms. The van der Waals surface area contributed by atoms with Crippen molar-refractivity contribution in [2.75, 3.05) is 33.3 Å². The first-order valence-electron chi connectivity index (χ1n) is 9.96. The van der Waals surface area contributed by atoms with Crippen LogP contribution in [0.1, 0.15) is 10.4 Å². The van der Waals surface area contributed by atoms with Gasteiger partial charge in [-0.2, -0.15) is 0 Å². The van der Waals surface area contributed by atoms with E-state index in [0.29, 0.717) is 22.2 Å². The molecule has 8 nitrogen and oxygen atoms in total. The van der Waals surface area contributed by atoms with Gasteiger partial charge in [0.2, 0.25) is 0 Å². The van der Waals surface area contributed by atoms with Crippen LogP contribution in [0.3, 0.4) is 0 Å². The molecule has 3 rings (SSSR count). The highest BCUT2D eigenvalue weighted by Gasteiger charge is 2.30. The summed E-state index contributed by atoms with van der Waals surface area (Å²) in [6, 6.07) is 11.5. The van der Waals surface area contributed by atoms with Crippen LogP contribution in [-0.4, -0.2) is 46.2 Å². The molecule has 1 aliphatic heterocycles. The Labute approximate surface area is 201 Å². The number of carbonyl (C=O) groups excluding carboxylic acids is 3. The Hall–Kier alpha value is -4.04. The summed E-state index contributed by atoms with van der Waals surface area (Å²) in [4.78, 5) is 39.8. The van der Waals surface area contributed by atoms with Crippen LogP contribution in [-0.2, 0) is 19.1 Å². The number of benzene rings is 2. The van der Waals surface area contributed by atoms with E-state index in [9.17, 15) is 14.4 Å². The average molecular weight is 484 g/mol. The van der Waals surface area contributed by atoms with Gasteiger partial charge >= 0.3 is 11.9 Å². The first kappa shape index (κ1) is 24.6. The number of hydrogen-bond donors (Lipinski definition) is 0. The van der Waals surface area contributed by atoms with Crippen molar-refractivity contribution < 1.29 is 33.3 Å². The molecule has 2 aromatic rings. The summed E-state index contributed by atoms with van der Waals surface area (Å²) in [6.45, 7) is 0. The fraction of sp³-hybridized carbons (Fsp3) is 0.160. The first-order chi connectivity index (χ1) is 16.3. The number of hydrogen-bond acceptors (Lipinski definition) is 8. The Morgan fingerprint density at radius 1 is 0.912 bits per heavy atom. The third kappa shape index (κ3) is 5.13. The topological polar surface area (TPSA) is 91.4 Å². The van der Waals surface area contributed by atoms with Crippen LogP contribution in [0.4, 0.5) is 5.69 Å². The van der Waals surface area contributed by atoms with Gasteiger partial charge in [0.1, 0.15) is 11.5 Å². The number of esters is 2. The first-order valence-corrected chi connectivity index (χ1v) is 10.3. The van der Waals surface area contributed by atoms with Crippen molar-refractivity contribution in [3.05, 3.63) is 88.2 Å². The average Bonchev–Trinajstić information content (AvgIpc) is 2.87. The predicted molar refractivity (Wildman–Crippen MR) is 126 cm³/mol. The predicted octanol–water partition coefficient (Wildman–Crippen LogP) is 4.10. The van der Waals surface area contributed by atoms with Crippen molar-refractivity contribution in [3.63, 3.8) is 0 Å². The van der Waals surface area contributed by atoms with Gasteiger partial charge in [-0.1, -0.05) is 11.6 Å². The number of methoxy groups -OCH3 is 4. The fourth-order valence-corrected chi connectivity index (χ4v) is 3.46. The maximum Gasteiger partial charge on any atom is 0.340 e. The zero-order valence-electron chi connectivity index (χ0n) is 19.0. The number of ketones is 1. The number of allylic oxidation sites excluding steroid dienone is 2. The van der Waals surface area contributed by atoms with Crippen LogP contribution in [0.5, 0.6) is 11.5 Å². The van der Waals surface area contributed by atoms with Crippen LogP contribution in [0, 0.1) is 0 Å². The molecular formula is C25H22ClNO7. The molecular weight excluding hydrogens is 462 g/mol. The number of ether oxygens (including phenoxy) is 4. The van der Waals surface area contributed by atoms with Gasteiger partial charge in [-0.05, 0) is 48.5 Å². The maximum atomic E-state index is 13.5. The van der Waals surface area contributed by atoms with Crippen LogP contribution < -0.4 is 14.4 Å². The second kappa shape index (κ2) is 10.7. The zero-order valence-corrected chi connectivity index (χ0v) is 19.7. The molecule has 0 saturated heterocycles. The van der Waals surface area contributed by atoms with E-state index < -0.39 is 17.7 Å². The highest BCUT2D eigenvalue weighted by Crippen LogP contribution is 2.34. The highest BCUT2D eigenvalue weighted by atomic mass is 35.5. The van der Waals surface area contributed by atoms with E-state index >= 15 is 0 Å². The largest absolute Gasteiger partial charge is 0.497 e. The molecule has 0 amide bonds. The van der Waals surface area contributed by atoms with Crippen LogP contribution in [0.2, 0.25) is 5.02 Å². The molecule has 1 aliphatic rings. The number of halogens is 1. The Kier molecular flexibility index (Phi) is 7.75. The SMILES string of the molecule is COC(=O)/C=C1\C(C(=O)OC)=CC(C(=O)c2cc(Cl)ccc2OC)=CN1c1ccc(OC)cc1. The molecule has 0 aromatic heterocycles. The van der Waals surface area contributed by atoms with Crippen LogP contribution in [0.25, 0.3) is 0 Å². The summed E-state index contributed by atoms with van der Waals surface area (Å²) in [5.41, 5.74) is 1.04. The monoisotopic (exact) mass is 483 g/mol. The van der Waals surface area contributed by atoms with E-state index in [4.69, 9.17) is 30.5 Å². The molecule has 34 heavy (non-hydrogen) atoms. The van der Waals surface area contributed by atoms with E-state index in [1.54, 1.807) is 36.4 Å². The quantitative estimate of drug-likeness (QED) is 0.330. The summed E-state index contributed by atoms with van der Waals surface area (Å²) >= 11 is 6.11. The van der Waals surface area contributed by atoms with Crippen molar-refractivity contribution >= 4 is 35.0 Å². The second-order valence-electron chi connectivity index (χ2n) is 6.93. The second-order valence-corrected chi connectivity index (χ2v) is 7.36. The van der Waals surface area contributed by atoms with Crippen molar-refractivity contribution in [2.45, 2.75) is 0 Å². The Balaban J connectivity index is 2.22. The Morgan fingerprint density at radius 2 is 1.62 bits per heavy atom. The molecule has 0 atom stereocenters. The van der Waals surface area contributed by atoms with Gasteiger partial charge in [0.25, 0.3) is 0 Å². The van der Waals surface area contributed by atoms with Crippen molar-refractivity contribution in [1.29, 1.82) is 0 Å². The van der Waals surface area contributed by atoms with Gasteiger partial charge < -0.3 is 23.8 Å². The van der Waals surface area contributed by atoms with E-state index in [1.165, 1.54) is 51.7 Å². The van der Waals surface area contributed by atoms with Gasteiger partial charge in [0, 0.05) is 28.6 Å². The minimum absolute atomic E-state index is 0.0180. The summed E-state index contributed by atoms with van der Waals surface area (Å²) in [5.74, 6) is -0.966. The lowest BCUT2D eigenvalue weighted by Gasteiger charge is -2.29. The van der Waals surface area contributed by atoms with Gasteiger partial charge in [-0.15, -0.1) is 0 Å². The van der Waals surface area contributed by atoms with E-state index in [1.807, 2.05) is 0 Å². The summed E-state index contributed by atoms with van der Waals surface area (Å²) < 4.78 is 20.2. The number of anilines is 1. The summed E-state index contributed by atoms with van der Waals surface area (Å²) in [6.07, 6.45) is 4.00. The minimum atomic E-state index is -0.745. The molecule has 0 radical (unpaired) electrons. The van der Waals surface area contributed by atoms with Gasteiger partial charge in [-0.3, -0.25) is 4.79 Å². The molecule has 0 aliphatic carbocycles. The number of carbonyl (C=O) groups is 3. The van der Waals surface area contributed by atoms with E-state index in [2.05, 4.69) is 0 Å². The lowest BCUT2D eigenvalue weighted by molar-refractivity contribution is -0.135.